The molecule has 1 amide bonds. The van der Waals surface area contributed by atoms with Gasteiger partial charge in [-0.15, -0.1) is 0 Å². The average Bonchev–Trinajstić information content (AvgIpc) is 2.79. The van der Waals surface area contributed by atoms with Crippen LogP contribution in [0.3, 0.4) is 0 Å². The van der Waals surface area contributed by atoms with Gasteiger partial charge in [-0.25, -0.2) is 4.79 Å². The summed E-state index contributed by atoms with van der Waals surface area (Å²) in [6.45, 7) is 11.3. The van der Waals surface area contributed by atoms with Crippen LogP contribution >= 0.6 is 0 Å². The van der Waals surface area contributed by atoms with Gasteiger partial charge in [-0.2, -0.15) is 0 Å². The highest BCUT2D eigenvalue weighted by Gasteiger charge is 2.29. The van der Waals surface area contributed by atoms with Gasteiger partial charge in [0, 0.05) is 24.5 Å². The van der Waals surface area contributed by atoms with Crippen LogP contribution in [0.4, 0.5) is 4.79 Å². The number of likely N-dealkylation sites (tertiary alicyclic amines) is 1. The van der Waals surface area contributed by atoms with Gasteiger partial charge in [-0.3, -0.25) is 4.98 Å². The van der Waals surface area contributed by atoms with Gasteiger partial charge in [0.1, 0.15) is 5.60 Å². The molecule has 116 valence electrons. The summed E-state index contributed by atoms with van der Waals surface area (Å²) in [5, 5.41) is 0. The molecule has 1 unspecified atom stereocenters. The van der Waals surface area contributed by atoms with Crippen LogP contribution in [0, 0.1) is 19.8 Å². The highest BCUT2D eigenvalue weighted by Crippen LogP contribution is 2.23. The fraction of sp³-hybridized carbons (Fsp3) is 0.647. The van der Waals surface area contributed by atoms with E-state index in [4.69, 9.17) is 4.74 Å². The summed E-state index contributed by atoms with van der Waals surface area (Å²) < 4.78 is 5.43. The number of aryl methyl sites for hydroxylation is 2. The molecular formula is C17H26N2O2. The Morgan fingerprint density at radius 3 is 2.71 bits per heavy atom. The number of carbonyl (C=O) groups excluding carboxylic acids is 1. The first kappa shape index (κ1) is 15.8. The number of nitrogens with zero attached hydrogens (tertiary/aromatic N) is 2. The van der Waals surface area contributed by atoms with Crippen molar-refractivity contribution in [1.82, 2.24) is 9.88 Å². The minimum absolute atomic E-state index is 0.191. The van der Waals surface area contributed by atoms with Gasteiger partial charge < -0.3 is 9.64 Å². The molecule has 0 bridgehead atoms. The Balaban J connectivity index is 1.92. The van der Waals surface area contributed by atoms with Crippen LogP contribution in [-0.4, -0.2) is 34.7 Å². The van der Waals surface area contributed by atoms with E-state index in [2.05, 4.69) is 24.0 Å². The SMILES string of the molecule is Cc1ccc(CC2CCN(C(=O)OC(C)(C)C)C2)c(C)n1. The number of carbonyl (C=O) groups is 1. The lowest BCUT2D eigenvalue weighted by Gasteiger charge is -2.24. The van der Waals surface area contributed by atoms with Crippen LogP contribution in [0.1, 0.15) is 44.1 Å². The number of hydrogen-bond donors (Lipinski definition) is 0. The van der Waals surface area contributed by atoms with E-state index in [0.717, 1.165) is 37.3 Å². The second kappa shape index (κ2) is 6.04. The zero-order chi connectivity index (χ0) is 15.6. The molecule has 1 saturated heterocycles. The number of rotatable bonds is 2. The molecule has 2 rings (SSSR count). The Morgan fingerprint density at radius 2 is 2.10 bits per heavy atom. The highest BCUT2D eigenvalue weighted by atomic mass is 16.6. The molecule has 4 heteroatoms. The highest BCUT2D eigenvalue weighted by molar-refractivity contribution is 5.68. The van der Waals surface area contributed by atoms with Crippen molar-refractivity contribution >= 4 is 6.09 Å². The summed E-state index contributed by atoms with van der Waals surface area (Å²) in [7, 11) is 0. The van der Waals surface area contributed by atoms with E-state index in [1.54, 1.807) is 0 Å². The zero-order valence-electron chi connectivity index (χ0n) is 13.8. The van der Waals surface area contributed by atoms with E-state index in [9.17, 15) is 4.79 Å². The molecule has 1 aliphatic heterocycles. The fourth-order valence-corrected chi connectivity index (χ4v) is 2.73. The Hall–Kier alpha value is -1.58. The van der Waals surface area contributed by atoms with E-state index in [1.807, 2.05) is 32.6 Å². The molecule has 4 nitrogen and oxygen atoms in total. The van der Waals surface area contributed by atoms with Crippen molar-refractivity contribution in [3.8, 4) is 0 Å². The lowest BCUT2D eigenvalue weighted by atomic mass is 9.97. The second-order valence-corrected chi connectivity index (χ2v) is 6.98. The molecule has 1 aromatic rings. The predicted molar refractivity (Wildman–Crippen MR) is 83.3 cm³/mol. The summed E-state index contributed by atoms with van der Waals surface area (Å²) >= 11 is 0. The minimum atomic E-state index is -0.424. The monoisotopic (exact) mass is 290 g/mol. The number of pyridine rings is 1. The maximum Gasteiger partial charge on any atom is 0.410 e. The van der Waals surface area contributed by atoms with Crippen molar-refractivity contribution in [3.63, 3.8) is 0 Å². The maximum absolute atomic E-state index is 12.1. The number of ether oxygens (including phenoxy) is 1. The largest absolute Gasteiger partial charge is 0.444 e. The van der Waals surface area contributed by atoms with Gasteiger partial charge in [0.2, 0.25) is 0 Å². The third-order valence-electron chi connectivity index (χ3n) is 3.78. The van der Waals surface area contributed by atoms with E-state index in [0.29, 0.717) is 5.92 Å². The molecule has 0 N–H and O–H groups in total. The first-order valence-corrected chi connectivity index (χ1v) is 7.65. The standard InChI is InChI=1S/C17H26N2O2/c1-12-6-7-15(13(2)18-12)10-14-8-9-19(11-14)16(20)21-17(3,4)5/h6-7,14H,8-11H2,1-5H3. The van der Waals surface area contributed by atoms with Gasteiger partial charge >= 0.3 is 6.09 Å². The smallest absolute Gasteiger partial charge is 0.410 e. The van der Waals surface area contributed by atoms with E-state index in [1.165, 1.54) is 5.56 Å². The Morgan fingerprint density at radius 1 is 1.38 bits per heavy atom. The summed E-state index contributed by atoms with van der Waals surface area (Å²) in [4.78, 5) is 18.4. The van der Waals surface area contributed by atoms with Crippen molar-refractivity contribution in [2.45, 2.75) is 53.1 Å². The first-order chi connectivity index (χ1) is 9.74. The molecule has 1 fully saturated rings. The lowest BCUT2D eigenvalue weighted by Crippen LogP contribution is -2.35. The molecule has 1 atom stereocenters. The summed E-state index contributed by atoms with van der Waals surface area (Å²) in [5.41, 5.74) is 3.02. The third-order valence-corrected chi connectivity index (χ3v) is 3.78. The molecule has 0 aromatic carbocycles. The van der Waals surface area contributed by atoms with Gasteiger partial charge in [-0.05, 0) is 65.0 Å². The second-order valence-electron chi connectivity index (χ2n) is 6.98. The first-order valence-electron chi connectivity index (χ1n) is 7.65. The molecule has 0 radical (unpaired) electrons. The molecule has 0 saturated carbocycles. The Kier molecular flexibility index (Phi) is 4.55. The molecule has 21 heavy (non-hydrogen) atoms. The van der Waals surface area contributed by atoms with Gasteiger partial charge in [-0.1, -0.05) is 6.07 Å². The predicted octanol–water partition coefficient (Wildman–Crippen LogP) is 3.50. The van der Waals surface area contributed by atoms with Crippen molar-refractivity contribution in [3.05, 3.63) is 29.1 Å². The van der Waals surface area contributed by atoms with Crippen molar-refractivity contribution in [2.75, 3.05) is 13.1 Å². The van der Waals surface area contributed by atoms with Crippen LogP contribution in [0.5, 0.6) is 0 Å². The van der Waals surface area contributed by atoms with Gasteiger partial charge in [0.25, 0.3) is 0 Å². The van der Waals surface area contributed by atoms with E-state index in [-0.39, 0.29) is 6.09 Å². The van der Waals surface area contributed by atoms with Crippen LogP contribution in [0.25, 0.3) is 0 Å². The van der Waals surface area contributed by atoms with Crippen molar-refractivity contribution < 1.29 is 9.53 Å². The Bertz CT molecular complexity index is 520. The summed E-state index contributed by atoms with van der Waals surface area (Å²) in [6, 6.07) is 4.22. The molecule has 2 heterocycles. The van der Waals surface area contributed by atoms with Crippen LogP contribution < -0.4 is 0 Å². The quantitative estimate of drug-likeness (QED) is 0.837. The maximum atomic E-state index is 12.1. The number of aromatic nitrogens is 1. The van der Waals surface area contributed by atoms with Crippen molar-refractivity contribution in [2.24, 2.45) is 5.92 Å². The minimum Gasteiger partial charge on any atom is -0.444 e. The normalized spacial score (nSPS) is 18.9. The average molecular weight is 290 g/mol. The van der Waals surface area contributed by atoms with Crippen molar-refractivity contribution in [1.29, 1.82) is 0 Å². The summed E-state index contributed by atoms with van der Waals surface area (Å²) in [5.74, 6) is 0.501. The topological polar surface area (TPSA) is 42.4 Å². The molecule has 1 aromatic heterocycles. The molecule has 0 spiro atoms. The molecule has 0 aliphatic carbocycles. The lowest BCUT2D eigenvalue weighted by molar-refractivity contribution is 0.0288. The fourth-order valence-electron chi connectivity index (χ4n) is 2.73. The van der Waals surface area contributed by atoms with Crippen LogP contribution in [0.2, 0.25) is 0 Å². The zero-order valence-corrected chi connectivity index (χ0v) is 13.8. The Labute approximate surface area is 127 Å². The van der Waals surface area contributed by atoms with Gasteiger partial charge in [0.15, 0.2) is 0 Å². The number of amides is 1. The van der Waals surface area contributed by atoms with Gasteiger partial charge in [0.05, 0.1) is 0 Å². The number of hydrogen-bond acceptors (Lipinski definition) is 3. The molecule has 1 aliphatic rings. The third kappa shape index (κ3) is 4.45. The van der Waals surface area contributed by atoms with Crippen LogP contribution in [0.15, 0.2) is 12.1 Å². The van der Waals surface area contributed by atoms with Crippen LogP contribution in [-0.2, 0) is 11.2 Å². The molecular weight excluding hydrogens is 264 g/mol. The van der Waals surface area contributed by atoms with E-state index >= 15 is 0 Å². The van der Waals surface area contributed by atoms with E-state index < -0.39 is 5.60 Å². The summed E-state index contributed by atoms with van der Waals surface area (Å²) in [6.07, 6.45) is 1.83.